The monoisotopic (exact) mass is 418 g/mol. The molecule has 29 heavy (non-hydrogen) atoms. The van der Waals surface area contributed by atoms with E-state index in [-0.39, 0.29) is 34.5 Å². The van der Waals surface area contributed by atoms with Crippen LogP contribution in [-0.2, 0) is 12.8 Å². The molecule has 1 atom stereocenters. The van der Waals surface area contributed by atoms with Gasteiger partial charge >= 0.3 is 0 Å². The van der Waals surface area contributed by atoms with Crippen LogP contribution in [0, 0.1) is 0 Å². The fourth-order valence-electron chi connectivity index (χ4n) is 2.68. The van der Waals surface area contributed by atoms with Crippen LogP contribution in [0.1, 0.15) is 41.4 Å². The van der Waals surface area contributed by atoms with Crippen molar-refractivity contribution in [1.82, 2.24) is 15.3 Å². The number of rotatable bonds is 8. The second-order valence-corrected chi connectivity index (χ2v) is 7.17. The van der Waals surface area contributed by atoms with Crippen LogP contribution in [0.4, 0.5) is 11.6 Å². The number of hydrogen-bond donors (Lipinski definition) is 5. The SMILES string of the molecule is C[C@H](N)Cc1ccc(CCCCN=C(N)NC(=O)c2nc(Cl)c(N)nc2N)cc1. The number of hydrogen-bond acceptors (Lipinski definition) is 7. The molecule has 9 N–H and O–H groups in total. The van der Waals surface area contributed by atoms with Gasteiger partial charge in [-0.25, -0.2) is 9.97 Å². The lowest BCUT2D eigenvalue weighted by Crippen LogP contribution is -2.38. The summed E-state index contributed by atoms with van der Waals surface area (Å²) in [7, 11) is 0. The van der Waals surface area contributed by atoms with Gasteiger partial charge in [0, 0.05) is 12.6 Å². The van der Waals surface area contributed by atoms with E-state index in [1.807, 2.05) is 6.92 Å². The molecule has 0 saturated carbocycles. The third-order valence-corrected chi connectivity index (χ3v) is 4.38. The average Bonchev–Trinajstić information content (AvgIpc) is 2.65. The van der Waals surface area contributed by atoms with Crippen molar-refractivity contribution in [3.05, 3.63) is 46.2 Å². The lowest BCUT2D eigenvalue weighted by atomic mass is 10.0. The molecule has 0 aliphatic carbocycles. The largest absolute Gasteiger partial charge is 0.382 e. The molecular weight excluding hydrogens is 392 g/mol. The van der Waals surface area contributed by atoms with Gasteiger partial charge in [0.1, 0.15) is 0 Å². The molecule has 0 saturated heterocycles. The number of unbranched alkanes of at least 4 members (excludes halogenated alkanes) is 1. The molecule has 1 aromatic carbocycles. The Kier molecular flexibility index (Phi) is 8.17. The summed E-state index contributed by atoms with van der Waals surface area (Å²) in [6, 6.07) is 8.63. The zero-order valence-corrected chi connectivity index (χ0v) is 17.1. The van der Waals surface area contributed by atoms with E-state index in [2.05, 4.69) is 44.5 Å². The summed E-state index contributed by atoms with van der Waals surface area (Å²) in [4.78, 5) is 23.8. The van der Waals surface area contributed by atoms with E-state index in [4.69, 9.17) is 34.5 Å². The van der Waals surface area contributed by atoms with E-state index in [1.165, 1.54) is 11.1 Å². The van der Waals surface area contributed by atoms with E-state index in [9.17, 15) is 4.79 Å². The molecule has 0 spiro atoms. The zero-order chi connectivity index (χ0) is 21.4. The maximum Gasteiger partial charge on any atom is 0.280 e. The van der Waals surface area contributed by atoms with Crippen molar-refractivity contribution in [2.24, 2.45) is 16.5 Å². The predicted molar refractivity (Wildman–Crippen MR) is 117 cm³/mol. The second kappa shape index (κ2) is 10.6. The van der Waals surface area contributed by atoms with Gasteiger partial charge in [0.05, 0.1) is 0 Å². The molecule has 9 nitrogen and oxygen atoms in total. The van der Waals surface area contributed by atoms with Gasteiger partial charge < -0.3 is 22.9 Å². The Morgan fingerprint density at radius 2 is 1.79 bits per heavy atom. The van der Waals surface area contributed by atoms with Crippen LogP contribution in [0.3, 0.4) is 0 Å². The number of aryl methyl sites for hydroxylation is 1. The lowest BCUT2D eigenvalue weighted by molar-refractivity contribution is 0.0972. The third-order valence-electron chi connectivity index (χ3n) is 4.10. The summed E-state index contributed by atoms with van der Waals surface area (Å²) in [6.45, 7) is 2.48. The van der Waals surface area contributed by atoms with Gasteiger partial charge in [-0.05, 0) is 43.7 Å². The van der Waals surface area contributed by atoms with E-state index in [1.54, 1.807) is 0 Å². The van der Waals surface area contributed by atoms with E-state index in [0.717, 1.165) is 25.7 Å². The number of halogens is 1. The Balaban J connectivity index is 1.76. The van der Waals surface area contributed by atoms with E-state index >= 15 is 0 Å². The van der Waals surface area contributed by atoms with Crippen LogP contribution in [-0.4, -0.2) is 34.4 Å². The van der Waals surface area contributed by atoms with Gasteiger partial charge in [0.2, 0.25) is 0 Å². The maximum atomic E-state index is 12.1. The Labute approximate surface area is 174 Å². The second-order valence-electron chi connectivity index (χ2n) is 6.81. The van der Waals surface area contributed by atoms with Crippen molar-refractivity contribution in [3.8, 4) is 0 Å². The molecule has 10 heteroatoms. The highest BCUT2D eigenvalue weighted by molar-refractivity contribution is 6.31. The molecule has 1 heterocycles. The number of nitrogens with one attached hydrogen (secondary N) is 1. The quantitative estimate of drug-likeness (QED) is 0.244. The van der Waals surface area contributed by atoms with Crippen molar-refractivity contribution in [2.45, 2.75) is 38.6 Å². The summed E-state index contributed by atoms with van der Waals surface area (Å²) in [5.41, 5.74) is 25.0. The van der Waals surface area contributed by atoms with Gasteiger partial charge in [-0.3, -0.25) is 15.1 Å². The zero-order valence-electron chi connectivity index (χ0n) is 16.4. The molecule has 0 aliphatic heterocycles. The summed E-state index contributed by atoms with van der Waals surface area (Å²) in [5.74, 6) is -0.857. The Morgan fingerprint density at radius 1 is 1.14 bits per heavy atom. The fourth-order valence-corrected chi connectivity index (χ4v) is 2.80. The van der Waals surface area contributed by atoms with Crippen LogP contribution < -0.4 is 28.3 Å². The highest BCUT2D eigenvalue weighted by Gasteiger charge is 2.16. The van der Waals surface area contributed by atoms with Gasteiger partial charge in [0.15, 0.2) is 28.4 Å². The average molecular weight is 419 g/mol. The van der Waals surface area contributed by atoms with Gasteiger partial charge in [-0.1, -0.05) is 35.9 Å². The van der Waals surface area contributed by atoms with Crippen molar-refractivity contribution in [3.63, 3.8) is 0 Å². The first-order valence-electron chi connectivity index (χ1n) is 9.29. The number of amides is 1. The summed E-state index contributed by atoms with van der Waals surface area (Å²) in [6.07, 6.45) is 3.59. The van der Waals surface area contributed by atoms with Crippen molar-refractivity contribution in [2.75, 3.05) is 18.0 Å². The standard InChI is InChI=1S/C19H27ClN8O/c1-11(21)10-13-7-5-12(6-8-13)4-2-3-9-25-19(24)28-18(29)14-16(22)27-17(23)15(20)26-14/h5-8,11H,2-4,9-10,21H2,1H3,(H4,22,23,27)(H3,24,25,28,29)/t11-/m0/s1. The molecule has 0 aliphatic rings. The topological polar surface area (TPSA) is 171 Å². The summed E-state index contributed by atoms with van der Waals surface area (Å²) in [5, 5.41) is 2.30. The van der Waals surface area contributed by atoms with Crippen LogP contribution in [0.25, 0.3) is 0 Å². The molecule has 2 aromatic rings. The van der Waals surface area contributed by atoms with Gasteiger partial charge in [-0.15, -0.1) is 0 Å². The van der Waals surface area contributed by atoms with Crippen LogP contribution >= 0.6 is 11.6 Å². The third kappa shape index (κ3) is 7.20. The number of nitrogens with zero attached hydrogens (tertiary/aromatic N) is 3. The molecule has 0 unspecified atom stereocenters. The number of nitrogen functional groups attached to an aromatic ring is 2. The molecule has 156 valence electrons. The van der Waals surface area contributed by atoms with Crippen molar-refractivity contribution < 1.29 is 4.79 Å². The molecule has 2 rings (SSSR count). The number of anilines is 2. The first-order valence-corrected chi connectivity index (χ1v) is 9.67. The molecule has 0 radical (unpaired) electrons. The molecule has 1 aromatic heterocycles. The van der Waals surface area contributed by atoms with Crippen molar-refractivity contribution in [1.29, 1.82) is 0 Å². The first kappa shape index (κ1) is 22.4. The number of nitrogens with two attached hydrogens (primary N) is 4. The van der Waals surface area contributed by atoms with Crippen LogP contribution in [0.2, 0.25) is 5.15 Å². The van der Waals surface area contributed by atoms with Crippen molar-refractivity contribution >= 4 is 35.1 Å². The minimum atomic E-state index is -0.648. The summed E-state index contributed by atoms with van der Waals surface area (Å²) >= 11 is 5.76. The maximum absolute atomic E-state index is 12.1. The fraction of sp³-hybridized carbons (Fsp3) is 0.368. The number of guanidine groups is 1. The number of aromatic nitrogens is 2. The molecule has 0 bridgehead atoms. The number of carbonyl (C=O) groups excluding carboxylic acids is 1. The number of benzene rings is 1. The van der Waals surface area contributed by atoms with Gasteiger partial charge in [0.25, 0.3) is 5.91 Å². The highest BCUT2D eigenvalue weighted by Crippen LogP contribution is 2.17. The van der Waals surface area contributed by atoms with Crippen LogP contribution in [0.15, 0.2) is 29.3 Å². The summed E-state index contributed by atoms with van der Waals surface area (Å²) < 4.78 is 0. The first-order chi connectivity index (χ1) is 13.8. The normalized spacial score (nSPS) is 12.6. The Bertz CT molecular complexity index is 867. The lowest BCUT2D eigenvalue weighted by Gasteiger charge is -2.07. The minimum Gasteiger partial charge on any atom is -0.382 e. The Morgan fingerprint density at radius 3 is 2.45 bits per heavy atom. The Hall–Kier alpha value is -2.91. The van der Waals surface area contributed by atoms with Crippen LogP contribution in [0.5, 0.6) is 0 Å². The smallest absolute Gasteiger partial charge is 0.280 e. The molecule has 1 amide bonds. The predicted octanol–water partition coefficient (Wildman–Crippen LogP) is 1.25. The number of carbonyl (C=O) groups is 1. The minimum absolute atomic E-state index is 0.0237. The molecule has 0 fully saturated rings. The van der Waals surface area contributed by atoms with E-state index < -0.39 is 5.91 Å². The molecular formula is C19H27ClN8O. The highest BCUT2D eigenvalue weighted by atomic mass is 35.5. The number of aliphatic imine (C=N–C) groups is 1. The van der Waals surface area contributed by atoms with E-state index in [0.29, 0.717) is 6.54 Å². The van der Waals surface area contributed by atoms with Gasteiger partial charge in [-0.2, -0.15) is 0 Å².